The van der Waals surface area contributed by atoms with Gasteiger partial charge in [0.1, 0.15) is 5.02 Å². The molecule has 9 heteroatoms. The number of para-hydroxylation sites is 2. The van der Waals surface area contributed by atoms with Crippen LogP contribution in [0.15, 0.2) is 67.4 Å². The molecule has 3 aromatic rings. The maximum Gasteiger partial charge on any atom is 0.247 e. The van der Waals surface area contributed by atoms with Gasteiger partial charge in [-0.2, -0.15) is 4.98 Å². The molecule has 1 fully saturated rings. The van der Waals surface area contributed by atoms with E-state index >= 15 is 0 Å². The van der Waals surface area contributed by atoms with Crippen LogP contribution in [0.4, 0.5) is 28.8 Å². The van der Waals surface area contributed by atoms with E-state index in [0.717, 1.165) is 38.5 Å². The van der Waals surface area contributed by atoms with Crippen molar-refractivity contribution in [2.45, 2.75) is 6.54 Å². The quantitative estimate of drug-likeness (QED) is 0.420. The Hall–Kier alpha value is -3.46. The largest absolute Gasteiger partial charge is 0.379 e. The van der Waals surface area contributed by atoms with E-state index in [1.54, 1.807) is 6.07 Å². The highest BCUT2D eigenvalue weighted by molar-refractivity contribution is 6.33. The predicted molar refractivity (Wildman–Crippen MR) is 131 cm³/mol. The smallest absolute Gasteiger partial charge is 0.247 e. The van der Waals surface area contributed by atoms with E-state index in [1.165, 1.54) is 17.8 Å². The van der Waals surface area contributed by atoms with Crippen LogP contribution >= 0.6 is 11.6 Å². The number of anilines is 5. The Morgan fingerprint density at radius 3 is 2.55 bits per heavy atom. The van der Waals surface area contributed by atoms with Gasteiger partial charge in [0.15, 0.2) is 5.82 Å². The number of morpholine rings is 1. The fraction of sp³-hybridized carbons (Fsp3) is 0.208. The zero-order chi connectivity index (χ0) is 23.0. The summed E-state index contributed by atoms with van der Waals surface area (Å²) in [7, 11) is 0. The van der Waals surface area contributed by atoms with Crippen molar-refractivity contribution in [2.75, 3.05) is 42.3 Å². The number of hydrogen-bond acceptors (Lipinski definition) is 7. The molecule has 1 aromatic heterocycles. The summed E-state index contributed by atoms with van der Waals surface area (Å²) in [5.41, 5.74) is 3.34. The third kappa shape index (κ3) is 6.29. The van der Waals surface area contributed by atoms with E-state index in [9.17, 15) is 4.79 Å². The van der Waals surface area contributed by atoms with E-state index in [2.05, 4.69) is 49.5 Å². The number of halogens is 1. The molecule has 4 rings (SSSR count). The molecule has 0 atom stereocenters. The molecular weight excluding hydrogens is 440 g/mol. The van der Waals surface area contributed by atoms with Crippen LogP contribution in [-0.2, 0) is 16.1 Å². The first-order valence-corrected chi connectivity index (χ1v) is 11.0. The average molecular weight is 465 g/mol. The van der Waals surface area contributed by atoms with E-state index in [0.29, 0.717) is 28.2 Å². The van der Waals surface area contributed by atoms with Crippen LogP contribution in [0.2, 0.25) is 5.02 Å². The summed E-state index contributed by atoms with van der Waals surface area (Å²) in [5, 5.41) is 9.48. The summed E-state index contributed by atoms with van der Waals surface area (Å²) < 4.78 is 5.40. The molecule has 0 bridgehead atoms. The second-order valence-electron chi connectivity index (χ2n) is 7.46. The Labute approximate surface area is 197 Å². The second-order valence-corrected chi connectivity index (χ2v) is 7.87. The van der Waals surface area contributed by atoms with Gasteiger partial charge in [-0.05, 0) is 35.9 Å². The van der Waals surface area contributed by atoms with Crippen molar-refractivity contribution in [3.8, 4) is 0 Å². The standard InChI is InChI=1S/C24H25ClN6O2/c1-2-22(32)28-20-5-3-4-6-21(20)29-23-19(25)15-26-24(30-23)27-18-9-7-17(8-10-18)16-31-11-13-33-14-12-31/h2-10,15H,1,11-14,16H2,(H,28,32)(H2,26,27,29,30). The fourth-order valence-corrected chi connectivity index (χ4v) is 3.51. The van der Waals surface area contributed by atoms with Crippen LogP contribution in [0.5, 0.6) is 0 Å². The normalized spacial score (nSPS) is 13.8. The van der Waals surface area contributed by atoms with Crippen LogP contribution in [0.3, 0.4) is 0 Å². The van der Waals surface area contributed by atoms with Gasteiger partial charge in [0, 0.05) is 25.3 Å². The monoisotopic (exact) mass is 464 g/mol. The number of benzene rings is 2. The molecule has 0 unspecified atom stereocenters. The number of carbonyl (C=O) groups is 1. The van der Waals surface area contributed by atoms with Crippen molar-refractivity contribution < 1.29 is 9.53 Å². The maximum atomic E-state index is 11.7. The number of amides is 1. The summed E-state index contributed by atoms with van der Waals surface area (Å²) in [4.78, 5) is 22.9. The summed E-state index contributed by atoms with van der Waals surface area (Å²) in [6.07, 6.45) is 2.74. The van der Waals surface area contributed by atoms with E-state index in [-0.39, 0.29) is 5.91 Å². The molecule has 1 aliphatic heterocycles. The molecule has 33 heavy (non-hydrogen) atoms. The minimum Gasteiger partial charge on any atom is -0.379 e. The number of nitrogens with zero attached hydrogens (tertiary/aromatic N) is 3. The van der Waals surface area contributed by atoms with Crippen LogP contribution in [-0.4, -0.2) is 47.1 Å². The van der Waals surface area contributed by atoms with Gasteiger partial charge in [-0.1, -0.05) is 42.4 Å². The molecule has 2 heterocycles. The van der Waals surface area contributed by atoms with E-state index < -0.39 is 0 Å². The molecule has 0 saturated carbocycles. The molecule has 0 spiro atoms. The Bertz CT molecular complexity index is 1120. The minimum atomic E-state index is -0.308. The zero-order valence-electron chi connectivity index (χ0n) is 18.1. The van der Waals surface area contributed by atoms with Crippen LogP contribution < -0.4 is 16.0 Å². The van der Waals surface area contributed by atoms with E-state index in [1.807, 2.05) is 30.3 Å². The van der Waals surface area contributed by atoms with Crippen LogP contribution in [0.1, 0.15) is 5.56 Å². The zero-order valence-corrected chi connectivity index (χ0v) is 18.8. The van der Waals surface area contributed by atoms with Crippen LogP contribution in [0, 0.1) is 0 Å². The number of nitrogens with one attached hydrogen (secondary N) is 3. The van der Waals surface area contributed by atoms with E-state index in [4.69, 9.17) is 16.3 Å². The second kappa shape index (κ2) is 10.9. The lowest BCUT2D eigenvalue weighted by molar-refractivity contribution is -0.111. The van der Waals surface area contributed by atoms with Gasteiger partial charge in [-0.15, -0.1) is 0 Å². The topological polar surface area (TPSA) is 91.4 Å². The lowest BCUT2D eigenvalue weighted by atomic mass is 10.2. The number of hydrogen-bond donors (Lipinski definition) is 3. The van der Waals surface area contributed by atoms with Crippen molar-refractivity contribution in [1.29, 1.82) is 0 Å². The van der Waals surface area contributed by atoms with Crippen molar-refractivity contribution in [3.05, 3.63) is 78.0 Å². The molecule has 1 amide bonds. The van der Waals surface area contributed by atoms with Gasteiger partial charge < -0.3 is 20.7 Å². The molecule has 8 nitrogen and oxygen atoms in total. The molecule has 1 aliphatic rings. The summed E-state index contributed by atoms with van der Waals surface area (Å²) in [5.74, 6) is 0.506. The Morgan fingerprint density at radius 1 is 1.09 bits per heavy atom. The van der Waals surface area contributed by atoms with Crippen molar-refractivity contribution in [1.82, 2.24) is 14.9 Å². The third-order valence-corrected chi connectivity index (χ3v) is 5.36. The SMILES string of the molecule is C=CC(=O)Nc1ccccc1Nc1nc(Nc2ccc(CN3CCOCC3)cc2)ncc1Cl. The molecule has 170 valence electrons. The first kappa shape index (κ1) is 22.7. The average Bonchev–Trinajstić information content (AvgIpc) is 2.84. The Balaban J connectivity index is 1.44. The predicted octanol–water partition coefficient (Wildman–Crippen LogP) is 4.57. The lowest BCUT2D eigenvalue weighted by Crippen LogP contribution is -2.35. The Kier molecular flexibility index (Phi) is 7.51. The minimum absolute atomic E-state index is 0.308. The highest BCUT2D eigenvalue weighted by atomic mass is 35.5. The van der Waals surface area contributed by atoms with Crippen molar-refractivity contribution >= 4 is 46.3 Å². The first-order valence-electron chi connectivity index (χ1n) is 10.6. The van der Waals surface area contributed by atoms with Gasteiger partial charge >= 0.3 is 0 Å². The number of carbonyl (C=O) groups excluding carboxylic acids is 1. The summed E-state index contributed by atoms with van der Waals surface area (Å²) in [6, 6.07) is 15.4. The molecule has 1 saturated heterocycles. The van der Waals surface area contributed by atoms with Gasteiger partial charge in [0.2, 0.25) is 11.9 Å². The van der Waals surface area contributed by atoms with Crippen LogP contribution in [0.25, 0.3) is 0 Å². The van der Waals surface area contributed by atoms with Gasteiger partial charge in [-0.25, -0.2) is 4.98 Å². The number of rotatable bonds is 8. The van der Waals surface area contributed by atoms with Gasteiger partial charge in [0.25, 0.3) is 0 Å². The number of aromatic nitrogens is 2. The maximum absolute atomic E-state index is 11.7. The lowest BCUT2D eigenvalue weighted by Gasteiger charge is -2.26. The molecule has 0 radical (unpaired) electrons. The van der Waals surface area contributed by atoms with Crippen molar-refractivity contribution in [2.24, 2.45) is 0 Å². The highest BCUT2D eigenvalue weighted by Crippen LogP contribution is 2.29. The van der Waals surface area contributed by atoms with Crippen molar-refractivity contribution in [3.63, 3.8) is 0 Å². The molecule has 0 aliphatic carbocycles. The molecule has 2 aromatic carbocycles. The summed E-state index contributed by atoms with van der Waals surface area (Å²) >= 11 is 6.32. The third-order valence-electron chi connectivity index (χ3n) is 5.09. The highest BCUT2D eigenvalue weighted by Gasteiger charge is 2.12. The summed E-state index contributed by atoms with van der Waals surface area (Å²) in [6.45, 7) is 7.86. The fourth-order valence-electron chi connectivity index (χ4n) is 3.37. The van der Waals surface area contributed by atoms with Gasteiger partial charge in [-0.3, -0.25) is 9.69 Å². The number of ether oxygens (including phenoxy) is 1. The Morgan fingerprint density at radius 2 is 1.82 bits per heavy atom. The molecular formula is C24H25ClN6O2. The van der Waals surface area contributed by atoms with Gasteiger partial charge in [0.05, 0.1) is 30.8 Å². The first-order chi connectivity index (χ1) is 16.1. The molecule has 3 N–H and O–H groups in total.